The summed E-state index contributed by atoms with van der Waals surface area (Å²) in [4.78, 5) is 0. The molecule has 1 heterocycles. The summed E-state index contributed by atoms with van der Waals surface area (Å²) in [7, 11) is 0. The van der Waals surface area contributed by atoms with Crippen LogP contribution in [0.25, 0.3) is 0 Å². The van der Waals surface area contributed by atoms with Crippen molar-refractivity contribution in [2.24, 2.45) is 5.41 Å². The Morgan fingerprint density at radius 2 is 2.07 bits per heavy atom. The topological polar surface area (TPSA) is 55.6 Å². The molecule has 1 aromatic heterocycles. The van der Waals surface area contributed by atoms with Gasteiger partial charge in [-0.1, -0.05) is 27.7 Å². The average Bonchev–Trinajstić information content (AvgIpc) is 2.45. The van der Waals surface area contributed by atoms with Crippen molar-refractivity contribution in [2.75, 3.05) is 6.54 Å². The third kappa shape index (κ3) is 3.41. The van der Waals surface area contributed by atoms with Crippen LogP contribution in [0.1, 0.15) is 33.5 Å². The van der Waals surface area contributed by atoms with Crippen molar-refractivity contribution in [3.8, 4) is 0 Å². The highest BCUT2D eigenvalue weighted by atomic mass is 15.5. The first-order valence-corrected chi connectivity index (χ1v) is 4.98. The molecule has 80 valence electrons. The lowest BCUT2D eigenvalue weighted by Crippen LogP contribution is -2.22. The zero-order chi connectivity index (χ0) is 10.6. The van der Waals surface area contributed by atoms with Crippen molar-refractivity contribution >= 4 is 0 Å². The molecule has 0 saturated heterocycles. The molecular formula is C9H19N5. The Hall–Kier alpha value is -0.970. The van der Waals surface area contributed by atoms with Gasteiger partial charge in [-0.25, -0.2) is 4.68 Å². The van der Waals surface area contributed by atoms with E-state index in [4.69, 9.17) is 0 Å². The first-order chi connectivity index (χ1) is 6.53. The summed E-state index contributed by atoms with van der Waals surface area (Å²) < 4.78 is 1.86. The second-order valence-electron chi connectivity index (χ2n) is 4.59. The molecule has 0 aromatic carbocycles. The van der Waals surface area contributed by atoms with Crippen LogP contribution in [0.2, 0.25) is 0 Å². The summed E-state index contributed by atoms with van der Waals surface area (Å²) in [6, 6.07) is 0. The van der Waals surface area contributed by atoms with E-state index in [1.54, 1.807) is 0 Å². The second kappa shape index (κ2) is 4.50. The van der Waals surface area contributed by atoms with Crippen molar-refractivity contribution in [2.45, 2.75) is 40.8 Å². The van der Waals surface area contributed by atoms with E-state index in [0.717, 1.165) is 25.5 Å². The molecule has 14 heavy (non-hydrogen) atoms. The normalized spacial score (nSPS) is 12.0. The highest BCUT2D eigenvalue weighted by Gasteiger charge is 2.15. The van der Waals surface area contributed by atoms with Crippen molar-refractivity contribution in [1.29, 1.82) is 0 Å². The van der Waals surface area contributed by atoms with Crippen LogP contribution in [0.3, 0.4) is 0 Å². The number of nitrogens with one attached hydrogen (secondary N) is 1. The van der Waals surface area contributed by atoms with Crippen molar-refractivity contribution in [1.82, 2.24) is 25.5 Å². The largest absolute Gasteiger partial charge is 0.310 e. The summed E-state index contributed by atoms with van der Waals surface area (Å²) in [5.74, 6) is 0.904. The number of hydrogen-bond acceptors (Lipinski definition) is 4. The maximum atomic E-state index is 3.98. The summed E-state index contributed by atoms with van der Waals surface area (Å²) >= 11 is 0. The van der Waals surface area contributed by atoms with E-state index >= 15 is 0 Å². The Balaban J connectivity index is 2.63. The maximum Gasteiger partial charge on any atom is 0.165 e. The predicted molar refractivity (Wildman–Crippen MR) is 54.7 cm³/mol. The molecule has 1 aromatic rings. The number of hydrogen-bond donors (Lipinski definition) is 1. The lowest BCUT2D eigenvalue weighted by molar-refractivity contribution is 0.314. The fourth-order valence-electron chi connectivity index (χ4n) is 1.16. The minimum absolute atomic E-state index is 0.205. The van der Waals surface area contributed by atoms with Gasteiger partial charge in [-0.05, 0) is 22.4 Å². The molecule has 0 radical (unpaired) electrons. The Kier molecular flexibility index (Phi) is 3.57. The maximum absolute atomic E-state index is 3.98. The molecule has 5 heteroatoms. The highest BCUT2D eigenvalue weighted by Crippen LogP contribution is 2.15. The molecule has 0 spiro atoms. The van der Waals surface area contributed by atoms with Crippen molar-refractivity contribution < 1.29 is 0 Å². The molecular weight excluding hydrogens is 178 g/mol. The van der Waals surface area contributed by atoms with Gasteiger partial charge in [0.25, 0.3) is 0 Å². The van der Waals surface area contributed by atoms with E-state index in [9.17, 15) is 0 Å². The van der Waals surface area contributed by atoms with Crippen molar-refractivity contribution in [3.63, 3.8) is 0 Å². The van der Waals surface area contributed by atoms with Crippen LogP contribution in [-0.2, 0) is 13.1 Å². The fraction of sp³-hybridized carbons (Fsp3) is 0.889. The Bertz CT molecular complexity index is 273. The molecule has 0 fully saturated rings. The van der Waals surface area contributed by atoms with Crippen LogP contribution in [0, 0.1) is 5.41 Å². The molecule has 0 bridgehead atoms. The van der Waals surface area contributed by atoms with Gasteiger partial charge in [0.15, 0.2) is 5.82 Å². The Morgan fingerprint density at radius 1 is 1.36 bits per heavy atom. The van der Waals surface area contributed by atoms with Gasteiger partial charge in [0.05, 0.1) is 6.54 Å². The molecule has 1 rings (SSSR count). The SMILES string of the molecule is CCNCc1nnnn1CC(C)(C)C. The van der Waals surface area contributed by atoms with Gasteiger partial charge in [-0.3, -0.25) is 0 Å². The molecule has 1 N–H and O–H groups in total. The van der Waals surface area contributed by atoms with Gasteiger partial charge in [0, 0.05) is 6.54 Å². The predicted octanol–water partition coefficient (Wildman–Crippen LogP) is 0.829. The fourth-order valence-corrected chi connectivity index (χ4v) is 1.16. The van der Waals surface area contributed by atoms with Crippen molar-refractivity contribution in [3.05, 3.63) is 5.82 Å². The summed E-state index contributed by atoms with van der Waals surface area (Å²) in [6.07, 6.45) is 0. The minimum atomic E-state index is 0.205. The quantitative estimate of drug-likeness (QED) is 0.776. The Labute approximate surface area is 84.9 Å². The molecule has 5 nitrogen and oxygen atoms in total. The molecule has 0 aliphatic rings. The zero-order valence-corrected chi connectivity index (χ0v) is 9.41. The van der Waals surface area contributed by atoms with Gasteiger partial charge in [0.1, 0.15) is 0 Å². The van der Waals surface area contributed by atoms with E-state index < -0.39 is 0 Å². The van der Waals surface area contributed by atoms with Gasteiger partial charge in [-0.15, -0.1) is 5.10 Å². The van der Waals surface area contributed by atoms with E-state index in [-0.39, 0.29) is 5.41 Å². The summed E-state index contributed by atoms with van der Waals surface area (Å²) in [6.45, 7) is 11.1. The van der Waals surface area contributed by atoms with E-state index in [2.05, 4.69) is 48.5 Å². The monoisotopic (exact) mass is 197 g/mol. The van der Waals surface area contributed by atoms with Gasteiger partial charge >= 0.3 is 0 Å². The first kappa shape index (κ1) is 11.1. The van der Waals surface area contributed by atoms with Gasteiger partial charge < -0.3 is 5.32 Å². The zero-order valence-electron chi connectivity index (χ0n) is 9.41. The highest BCUT2D eigenvalue weighted by molar-refractivity contribution is 4.81. The first-order valence-electron chi connectivity index (χ1n) is 4.98. The van der Waals surface area contributed by atoms with E-state index in [1.807, 2.05) is 4.68 Å². The van der Waals surface area contributed by atoms with Gasteiger partial charge in [0.2, 0.25) is 0 Å². The molecule has 0 aliphatic carbocycles. The van der Waals surface area contributed by atoms with Crippen LogP contribution in [0.15, 0.2) is 0 Å². The summed E-state index contributed by atoms with van der Waals surface area (Å²) in [5, 5.41) is 14.8. The number of nitrogens with zero attached hydrogens (tertiary/aromatic N) is 4. The molecule has 0 aliphatic heterocycles. The van der Waals surface area contributed by atoms with Crippen LogP contribution < -0.4 is 5.32 Å². The molecule has 0 saturated carbocycles. The molecule has 0 unspecified atom stereocenters. The van der Waals surface area contributed by atoms with Gasteiger partial charge in [-0.2, -0.15) is 0 Å². The summed E-state index contributed by atoms with van der Waals surface area (Å²) in [5.41, 5.74) is 0.205. The van der Waals surface area contributed by atoms with Crippen LogP contribution in [-0.4, -0.2) is 26.8 Å². The standard InChI is InChI=1S/C9H19N5/c1-5-10-6-8-11-12-13-14(8)7-9(2,3)4/h10H,5-7H2,1-4H3. The second-order valence-corrected chi connectivity index (χ2v) is 4.59. The van der Waals surface area contributed by atoms with E-state index in [0.29, 0.717) is 0 Å². The van der Waals surface area contributed by atoms with Crippen LogP contribution >= 0.6 is 0 Å². The molecule has 0 atom stereocenters. The number of tetrazole rings is 1. The number of aromatic nitrogens is 4. The smallest absolute Gasteiger partial charge is 0.165 e. The third-order valence-electron chi connectivity index (χ3n) is 1.76. The Morgan fingerprint density at radius 3 is 2.64 bits per heavy atom. The lowest BCUT2D eigenvalue weighted by Gasteiger charge is -2.18. The average molecular weight is 197 g/mol. The lowest BCUT2D eigenvalue weighted by atomic mass is 9.97. The van der Waals surface area contributed by atoms with Crippen LogP contribution in [0.4, 0.5) is 0 Å². The van der Waals surface area contributed by atoms with Crippen LogP contribution in [0.5, 0.6) is 0 Å². The van der Waals surface area contributed by atoms with E-state index in [1.165, 1.54) is 0 Å². The minimum Gasteiger partial charge on any atom is -0.310 e. The number of rotatable bonds is 4. The third-order valence-corrected chi connectivity index (χ3v) is 1.76. The molecule has 0 amide bonds.